The molecule has 0 spiro atoms. The molecule has 1 aromatic carbocycles. The fraction of sp³-hybridized carbons (Fsp3) is 0.533. The van der Waals surface area contributed by atoms with Crippen molar-refractivity contribution >= 4 is 5.91 Å². The van der Waals surface area contributed by atoms with E-state index in [-0.39, 0.29) is 11.0 Å². The van der Waals surface area contributed by atoms with E-state index in [4.69, 9.17) is 0 Å². The zero-order valence-corrected chi connectivity index (χ0v) is 11.9. The number of nitrogens with one attached hydrogen (secondary N) is 2. The van der Waals surface area contributed by atoms with E-state index in [0.29, 0.717) is 6.54 Å². The van der Waals surface area contributed by atoms with Crippen molar-refractivity contribution in [2.24, 2.45) is 5.41 Å². The van der Waals surface area contributed by atoms with Crippen molar-refractivity contribution in [3.63, 3.8) is 0 Å². The molecule has 2 N–H and O–H groups in total. The highest BCUT2D eigenvalue weighted by atomic mass is 19.4. The molecule has 1 fully saturated rings. The third kappa shape index (κ3) is 4.20. The van der Waals surface area contributed by atoms with Crippen molar-refractivity contribution in [1.82, 2.24) is 10.6 Å². The highest BCUT2D eigenvalue weighted by Gasteiger charge is 2.31. The van der Waals surface area contributed by atoms with Gasteiger partial charge in [0.25, 0.3) is 5.91 Å². The molecule has 1 amide bonds. The maximum Gasteiger partial charge on any atom is 0.416 e. The molecule has 0 bridgehead atoms. The molecule has 0 aliphatic carbocycles. The number of alkyl halides is 3. The van der Waals surface area contributed by atoms with E-state index in [1.54, 1.807) is 0 Å². The lowest BCUT2D eigenvalue weighted by Gasteiger charge is -2.34. The van der Waals surface area contributed by atoms with E-state index in [2.05, 4.69) is 17.6 Å². The van der Waals surface area contributed by atoms with Crippen LogP contribution in [0.15, 0.2) is 24.3 Å². The second-order valence-corrected chi connectivity index (χ2v) is 5.85. The van der Waals surface area contributed by atoms with Crippen LogP contribution < -0.4 is 10.6 Å². The number of halogens is 3. The van der Waals surface area contributed by atoms with Crippen LogP contribution in [0, 0.1) is 5.41 Å². The quantitative estimate of drug-likeness (QED) is 0.901. The Hall–Kier alpha value is -1.56. The first-order chi connectivity index (χ1) is 9.80. The van der Waals surface area contributed by atoms with Crippen molar-refractivity contribution in [3.05, 3.63) is 35.4 Å². The molecule has 116 valence electrons. The lowest BCUT2D eigenvalue weighted by molar-refractivity contribution is -0.137. The van der Waals surface area contributed by atoms with Gasteiger partial charge in [0, 0.05) is 18.7 Å². The molecule has 1 aliphatic rings. The average Bonchev–Trinajstić information content (AvgIpc) is 2.45. The van der Waals surface area contributed by atoms with Crippen LogP contribution in [0.4, 0.5) is 13.2 Å². The second kappa shape index (κ2) is 6.05. The van der Waals surface area contributed by atoms with E-state index in [9.17, 15) is 18.0 Å². The largest absolute Gasteiger partial charge is 0.416 e. The number of amides is 1. The zero-order chi connectivity index (χ0) is 15.5. The SMILES string of the molecule is CC1(CNC(=O)c2cccc(C(F)(F)F)c2)CCCNC1. The number of benzene rings is 1. The predicted octanol–water partition coefficient (Wildman–Crippen LogP) is 2.82. The van der Waals surface area contributed by atoms with Gasteiger partial charge in [0.15, 0.2) is 0 Å². The highest BCUT2D eigenvalue weighted by Crippen LogP contribution is 2.29. The molecule has 1 aliphatic heterocycles. The van der Waals surface area contributed by atoms with Gasteiger partial charge in [0.05, 0.1) is 5.56 Å². The molecule has 0 saturated carbocycles. The lowest BCUT2D eigenvalue weighted by Crippen LogP contribution is -2.45. The Kier molecular flexibility index (Phi) is 4.56. The van der Waals surface area contributed by atoms with Gasteiger partial charge in [-0.2, -0.15) is 13.2 Å². The monoisotopic (exact) mass is 300 g/mol. The Morgan fingerprint density at radius 2 is 2.19 bits per heavy atom. The minimum atomic E-state index is -4.43. The van der Waals surface area contributed by atoms with Gasteiger partial charge in [-0.05, 0) is 43.0 Å². The van der Waals surface area contributed by atoms with Crippen LogP contribution in [-0.2, 0) is 6.18 Å². The van der Waals surface area contributed by atoms with Gasteiger partial charge in [0.1, 0.15) is 0 Å². The van der Waals surface area contributed by atoms with E-state index in [1.807, 2.05) is 0 Å². The van der Waals surface area contributed by atoms with Crippen LogP contribution in [-0.4, -0.2) is 25.5 Å². The maximum atomic E-state index is 12.6. The van der Waals surface area contributed by atoms with Crippen molar-refractivity contribution in [2.45, 2.75) is 25.9 Å². The summed E-state index contributed by atoms with van der Waals surface area (Å²) >= 11 is 0. The standard InChI is InChI=1S/C15H19F3N2O/c1-14(6-3-7-19-9-14)10-20-13(21)11-4-2-5-12(8-11)15(16,17)18/h2,4-5,8,19H,3,6-7,9-10H2,1H3,(H,20,21). The topological polar surface area (TPSA) is 41.1 Å². The van der Waals surface area contributed by atoms with Gasteiger partial charge in [-0.15, -0.1) is 0 Å². The number of carbonyl (C=O) groups excluding carboxylic acids is 1. The van der Waals surface area contributed by atoms with Gasteiger partial charge in [-0.3, -0.25) is 4.79 Å². The van der Waals surface area contributed by atoms with Crippen LogP contribution in [0.25, 0.3) is 0 Å². The normalized spacial score (nSPS) is 22.9. The number of hydrogen-bond acceptors (Lipinski definition) is 2. The molecular formula is C15H19F3N2O. The number of piperidine rings is 1. The minimum Gasteiger partial charge on any atom is -0.351 e. The van der Waals surface area contributed by atoms with E-state index in [1.165, 1.54) is 12.1 Å². The average molecular weight is 300 g/mol. The summed E-state index contributed by atoms with van der Waals surface area (Å²) in [4.78, 5) is 12.0. The summed E-state index contributed by atoms with van der Waals surface area (Å²) in [6.07, 6.45) is -2.41. The number of carbonyl (C=O) groups is 1. The van der Waals surface area contributed by atoms with Crippen molar-refractivity contribution in [2.75, 3.05) is 19.6 Å². The molecule has 6 heteroatoms. The third-order valence-electron chi connectivity index (χ3n) is 3.81. The van der Waals surface area contributed by atoms with Gasteiger partial charge in [-0.1, -0.05) is 13.0 Å². The van der Waals surface area contributed by atoms with E-state index < -0.39 is 17.6 Å². The Balaban J connectivity index is 2.00. The molecule has 0 radical (unpaired) electrons. The summed E-state index contributed by atoms with van der Waals surface area (Å²) < 4.78 is 37.9. The first-order valence-electron chi connectivity index (χ1n) is 6.96. The Morgan fingerprint density at radius 1 is 1.43 bits per heavy atom. The summed E-state index contributed by atoms with van der Waals surface area (Å²) in [5.74, 6) is -0.465. The van der Waals surface area contributed by atoms with Gasteiger partial charge in [-0.25, -0.2) is 0 Å². The highest BCUT2D eigenvalue weighted by molar-refractivity contribution is 5.94. The molecule has 1 aromatic rings. The van der Waals surface area contributed by atoms with Crippen LogP contribution >= 0.6 is 0 Å². The second-order valence-electron chi connectivity index (χ2n) is 5.85. The summed E-state index contributed by atoms with van der Waals surface area (Å²) in [6.45, 7) is 4.29. The minimum absolute atomic E-state index is 0.0391. The first-order valence-corrected chi connectivity index (χ1v) is 6.96. The summed E-state index contributed by atoms with van der Waals surface area (Å²) in [5, 5.41) is 6.01. The number of hydrogen-bond donors (Lipinski definition) is 2. The van der Waals surface area contributed by atoms with Crippen LogP contribution in [0.5, 0.6) is 0 Å². The van der Waals surface area contributed by atoms with Crippen LogP contribution in [0.1, 0.15) is 35.7 Å². The van der Waals surface area contributed by atoms with Crippen LogP contribution in [0.3, 0.4) is 0 Å². The fourth-order valence-electron chi connectivity index (χ4n) is 2.50. The van der Waals surface area contributed by atoms with Gasteiger partial charge in [0.2, 0.25) is 0 Å². The predicted molar refractivity (Wildman–Crippen MR) is 74.0 cm³/mol. The van der Waals surface area contributed by atoms with Gasteiger partial charge < -0.3 is 10.6 Å². The molecule has 1 saturated heterocycles. The van der Waals surface area contributed by atoms with Crippen molar-refractivity contribution in [1.29, 1.82) is 0 Å². The smallest absolute Gasteiger partial charge is 0.351 e. The Bertz CT molecular complexity index is 508. The molecule has 1 atom stereocenters. The zero-order valence-electron chi connectivity index (χ0n) is 11.9. The summed E-state index contributed by atoms with van der Waals surface area (Å²) in [7, 11) is 0. The molecular weight excluding hydrogens is 281 g/mol. The molecule has 2 rings (SSSR count). The maximum absolute atomic E-state index is 12.6. The molecule has 1 unspecified atom stereocenters. The number of rotatable bonds is 3. The van der Waals surface area contributed by atoms with E-state index >= 15 is 0 Å². The van der Waals surface area contributed by atoms with E-state index in [0.717, 1.165) is 38.1 Å². The molecule has 21 heavy (non-hydrogen) atoms. The van der Waals surface area contributed by atoms with Gasteiger partial charge >= 0.3 is 6.18 Å². The molecule has 0 aromatic heterocycles. The Labute approximate surface area is 121 Å². The first kappa shape index (κ1) is 15.8. The van der Waals surface area contributed by atoms with Crippen molar-refractivity contribution in [3.8, 4) is 0 Å². The third-order valence-corrected chi connectivity index (χ3v) is 3.81. The molecule has 1 heterocycles. The summed E-state index contributed by atoms with van der Waals surface area (Å²) in [5.41, 5.74) is -0.812. The lowest BCUT2D eigenvalue weighted by atomic mass is 9.83. The van der Waals surface area contributed by atoms with Crippen LogP contribution in [0.2, 0.25) is 0 Å². The molecule has 3 nitrogen and oxygen atoms in total. The fourth-order valence-corrected chi connectivity index (χ4v) is 2.50. The Morgan fingerprint density at radius 3 is 2.81 bits per heavy atom. The summed E-state index contributed by atoms with van der Waals surface area (Å²) in [6, 6.07) is 4.49. The van der Waals surface area contributed by atoms with Crippen molar-refractivity contribution < 1.29 is 18.0 Å².